The number of nitrogens with zero attached hydrogens (tertiary/aromatic N) is 2. The van der Waals surface area contributed by atoms with Crippen molar-refractivity contribution in [3.8, 4) is 5.75 Å². The predicted octanol–water partition coefficient (Wildman–Crippen LogP) is 5.63. The highest BCUT2D eigenvalue weighted by atomic mass is 80.0. The lowest BCUT2D eigenvalue weighted by Crippen LogP contribution is -2.21. The van der Waals surface area contributed by atoms with Crippen LogP contribution in [0.25, 0.3) is 0 Å². The van der Waals surface area contributed by atoms with E-state index in [1.54, 1.807) is 19.9 Å². The van der Waals surface area contributed by atoms with Crippen molar-refractivity contribution in [2.45, 2.75) is 26.8 Å². The molecule has 0 amide bonds. The highest BCUT2D eigenvalue weighted by molar-refractivity contribution is 9.42. The standard InChI is InChI=1S/C7H7Br3N2O2S.C7H5Br3O3S/c1-4-3-5(2)12-6(11-4)15(13,14)7(8,9)10;8-7(9,10)14(12,13)6-3-1-5(11)2-4-6/h3H,1-2H3;1-4,11H. The van der Waals surface area contributed by atoms with E-state index in [0.717, 1.165) is 0 Å². The van der Waals surface area contributed by atoms with Crippen molar-refractivity contribution >= 4 is 115 Å². The Kier molecular flexibility index (Phi) is 9.83. The van der Waals surface area contributed by atoms with Gasteiger partial charge in [-0.3, -0.25) is 0 Å². The summed E-state index contributed by atoms with van der Waals surface area (Å²) >= 11 is 17.7. The maximum Gasteiger partial charge on any atom is 0.250 e. The monoisotopic (exact) mass is 826 g/mol. The van der Waals surface area contributed by atoms with Gasteiger partial charge in [-0.15, -0.1) is 0 Å². The van der Waals surface area contributed by atoms with Gasteiger partial charge in [-0.05, 0) is 140 Å². The van der Waals surface area contributed by atoms with Crippen molar-refractivity contribution in [3.63, 3.8) is 0 Å². The van der Waals surface area contributed by atoms with E-state index in [1.165, 1.54) is 24.3 Å². The highest BCUT2D eigenvalue weighted by Crippen LogP contribution is 2.43. The Balaban J connectivity index is 0.000000291. The first kappa shape index (κ1) is 27.9. The minimum absolute atomic E-state index is 0.0215. The maximum absolute atomic E-state index is 11.9. The summed E-state index contributed by atoms with van der Waals surface area (Å²) < 4.78 is 44.5. The number of phenols is 1. The average molecular weight is 832 g/mol. The van der Waals surface area contributed by atoms with E-state index in [2.05, 4.69) is 106 Å². The molecule has 0 radical (unpaired) electrons. The van der Waals surface area contributed by atoms with Gasteiger partial charge in [-0.25, -0.2) is 26.8 Å². The van der Waals surface area contributed by atoms with Gasteiger partial charge in [0.25, 0.3) is 5.16 Å². The molecule has 1 heterocycles. The number of hydrogen-bond acceptors (Lipinski definition) is 7. The molecule has 0 aliphatic carbocycles. The number of phenolic OH excluding ortho intramolecular Hbond substituents is 1. The summed E-state index contributed by atoms with van der Waals surface area (Å²) in [6.45, 7) is 3.43. The second-order valence-electron chi connectivity index (χ2n) is 5.33. The Morgan fingerprint density at radius 3 is 1.48 bits per heavy atom. The van der Waals surface area contributed by atoms with Crippen molar-refractivity contribution in [1.29, 1.82) is 0 Å². The zero-order chi connectivity index (χ0) is 22.8. The number of sulfone groups is 2. The molecule has 0 saturated heterocycles. The molecule has 162 valence electrons. The van der Waals surface area contributed by atoms with E-state index in [-0.39, 0.29) is 15.8 Å². The number of aromatic nitrogens is 2. The molecule has 1 N–H and O–H groups in total. The molecule has 29 heavy (non-hydrogen) atoms. The predicted molar refractivity (Wildman–Crippen MR) is 133 cm³/mol. The van der Waals surface area contributed by atoms with Crippen LogP contribution in [-0.2, 0) is 19.7 Å². The van der Waals surface area contributed by atoms with E-state index in [0.29, 0.717) is 11.4 Å². The number of aryl methyl sites for hydroxylation is 2. The lowest BCUT2D eigenvalue weighted by Gasteiger charge is -2.13. The summed E-state index contributed by atoms with van der Waals surface area (Å²) in [7, 11) is -7.25. The van der Waals surface area contributed by atoms with Gasteiger partial charge in [0.1, 0.15) is 5.75 Å². The first-order chi connectivity index (χ1) is 12.9. The van der Waals surface area contributed by atoms with Gasteiger partial charge in [-0.2, -0.15) is 0 Å². The van der Waals surface area contributed by atoms with Crippen LogP contribution in [0.4, 0.5) is 0 Å². The van der Waals surface area contributed by atoms with Crippen LogP contribution < -0.4 is 0 Å². The van der Waals surface area contributed by atoms with Gasteiger partial charge in [0, 0.05) is 11.4 Å². The molecule has 2 aromatic rings. The van der Waals surface area contributed by atoms with Crippen LogP contribution >= 0.6 is 95.6 Å². The molecule has 0 atom stereocenters. The van der Waals surface area contributed by atoms with Crippen LogP contribution in [0.5, 0.6) is 5.75 Å². The highest BCUT2D eigenvalue weighted by Gasteiger charge is 2.40. The third-order valence-corrected chi connectivity index (χ3v) is 13.4. The number of hydrogen-bond donors (Lipinski definition) is 1. The third-order valence-electron chi connectivity index (χ3n) is 2.96. The molecule has 0 aliphatic heterocycles. The lowest BCUT2D eigenvalue weighted by molar-refractivity contribution is 0.475. The smallest absolute Gasteiger partial charge is 0.250 e. The van der Waals surface area contributed by atoms with Crippen molar-refractivity contribution in [3.05, 3.63) is 41.7 Å². The Labute approximate surface area is 219 Å². The molecule has 0 aliphatic rings. The minimum atomic E-state index is -3.69. The molecular weight excluding hydrogens is 820 g/mol. The third kappa shape index (κ3) is 7.46. The van der Waals surface area contributed by atoms with E-state index in [4.69, 9.17) is 5.11 Å². The van der Waals surface area contributed by atoms with Crippen molar-refractivity contribution in [1.82, 2.24) is 9.97 Å². The van der Waals surface area contributed by atoms with Gasteiger partial charge in [0.15, 0.2) is 0 Å². The van der Waals surface area contributed by atoms with Crippen molar-refractivity contribution < 1.29 is 21.9 Å². The van der Waals surface area contributed by atoms with Gasteiger partial charge >= 0.3 is 0 Å². The van der Waals surface area contributed by atoms with Crippen LogP contribution in [0, 0.1) is 13.8 Å². The molecule has 2 rings (SSSR count). The summed E-state index contributed by atoms with van der Waals surface area (Å²) in [4.78, 5) is 7.86. The minimum Gasteiger partial charge on any atom is -0.508 e. The van der Waals surface area contributed by atoms with E-state index in [1.807, 2.05) is 0 Å². The number of alkyl halides is 6. The first-order valence-electron chi connectivity index (χ1n) is 7.13. The topological polar surface area (TPSA) is 114 Å². The maximum atomic E-state index is 11.9. The first-order valence-corrected chi connectivity index (χ1v) is 14.9. The summed E-state index contributed by atoms with van der Waals surface area (Å²) in [6, 6.07) is 6.97. The fourth-order valence-corrected chi connectivity index (χ4v) is 6.16. The molecule has 1 aromatic heterocycles. The summed E-state index contributed by atoms with van der Waals surface area (Å²) in [5, 5.41) is 8.78. The molecule has 0 unspecified atom stereocenters. The number of rotatable bonds is 2. The van der Waals surface area contributed by atoms with Crippen molar-refractivity contribution in [2.75, 3.05) is 0 Å². The van der Waals surface area contributed by atoms with Gasteiger partial charge in [-0.1, -0.05) is 0 Å². The van der Waals surface area contributed by atoms with E-state index in [9.17, 15) is 16.8 Å². The zero-order valence-electron chi connectivity index (χ0n) is 14.4. The summed E-state index contributed by atoms with van der Waals surface area (Å²) in [6.07, 6.45) is 0. The molecule has 15 heteroatoms. The number of aromatic hydroxyl groups is 1. The summed E-state index contributed by atoms with van der Waals surface area (Å²) in [5.74, 6) is 0.0215. The zero-order valence-corrected chi connectivity index (χ0v) is 25.6. The summed E-state index contributed by atoms with van der Waals surface area (Å²) in [5.41, 5.74) is 1.22. The Bertz CT molecular complexity index is 1060. The second-order valence-corrected chi connectivity index (χ2v) is 26.1. The van der Waals surface area contributed by atoms with E-state index >= 15 is 0 Å². The van der Waals surface area contributed by atoms with Crippen molar-refractivity contribution in [2.24, 2.45) is 0 Å². The van der Waals surface area contributed by atoms with E-state index < -0.39 is 22.6 Å². The lowest BCUT2D eigenvalue weighted by atomic mass is 10.3. The van der Waals surface area contributed by atoms with Gasteiger partial charge in [0.05, 0.1) is 4.90 Å². The fourth-order valence-electron chi connectivity index (χ4n) is 1.68. The van der Waals surface area contributed by atoms with Crippen LogP contribution in [0.15, 0.2) is 40.4 Å². The molecule has 0 bridgehead atoms. The Morgan fingerprint density at radius 1 is 0.759 bits per heavy atom. The largest absolute Gasteiger partial charge is 0.508 e. The van der Waals surface area contributed by atoms with Gasteiger partial charge < -0.3 is 5.11 Å². The molecule has 0 spiro atoms. The second kappa shape index (κ2) is 10.2. The number of benzene rings is 1. The molecular formula is C14H12Br6N2O5S2. The Morgan fingerprint density at radius 2 is 1.14 bits per heavy atom. The van der Waals surface area contributed by atoms with Crippen LogP contribution in [0.3, 0.4) is 0 Å². The number of halogens is 6. The normalized spacial score (nSPS) is 12.8. The SMILES string of the molecule is Cc1cc(C)nc(S(=O)(=O)C(Br)(Br)Br)n1.O=S(=O)(c1ccc(O)cc1)C(Br)(Br)Br. The quantitative estimate of drug-likeness (QED) is 0.309. The fraction of sp³-hybridized carbons (Fsp3) is 0.286. The molecule has 0 saturated carbocycles. The molecule has 1 aromatic carbocycles. The van der Waals surface area contributed by atoms with Crippen LogP contribution in [0.1, 0.15) is 11.4 Å². The molecule has 0 fully saturated rings. The Hall–Kier alpha value is 0.880. The van der Waals surface area contributed by atoms with Crippen LogP contribution in [-0.4, -0.2) is 34.9 Å². The average Bonchev–Trinajstić information content (AvgIpc) is 2.53. The van der Waals surface area contributed by atoms with Crippen LogP contribution in [0.2, 0.25) is 0 Å². The van der Waals surface area contributed by atoms with Gasteiger partial charge in [0.2, 0.25) is 22.6 Å². The molecule has 7 nitrogen and oxygen atoms in total.